The first-order valence-corrected chi connectivity index (χ1v) is 8.84. The van der Waals surface area contributed by atoms with Gasteiger partial charge in [-0.1, -0.05) is 46.3 Å². The van der Waals surface area contributed by atoms with Crippen molar-refractivity contribution in [3.05, 3.63) is 80.0 Å². The van der Waals surface area contributed by atoms with Gasteiger partial charge in [0.15, 0.2) is 0 Å². The van der Waals surface area contributed by atoms with E-state index < -0.39 is 17.3 Å². The van der Waals surface area contributed by atoms with Crippen LogP contribution in [-0.2, 0) is 6.18 Å². The Bertz CT molecular complexity index is 1170. The number of rotatable bonds is 4. The molecule has 0 aliphatic heterocycles. The maximum absolute atomic E-state index is 12.9. The molecule has 3 aromatic rings. The minimum absolute atomic E-state index is 0.0601. The van der Waals surface area contributed by atoms with Gasteiger partial charge in [0.2, 0.25) is 5.95 Å². The molecule has 0 fully saturated rings. The summed E-state index contributed by atoms with van der Waals surface area (Å²) in [5.41, 5.74) is 1.72. The van der Waals surface area contributed by atoms with E-state index in [0.717, 1.165) is 18.3 Å². The van der Waals surface area contributed by atoms with Crippen LogP contribution in [0.25, 0.3) is 11.3 Å². The van der Waals surface area contributed by atoms with Crippen molar-refractivity contribution in [2.75, 3.05) is 5.43 Å². The van der Waals surface area contributed by atoms with E-state index in [9.17, 15) is 23.2 Å². The average Bonchev–Trinajstić information content (AvgIpc) is 2.67. The van der Waals surface area contributed by atoms with Gasteiger partial charge in [-0.25, -0.2) is 10.4 Å². The lowest BCUT2D eigenvalue weighted by atomic mass is 10.1. The van der Waals surface area contributed by atoms with Gasteiger partial charge in [0.1, 0.15) is 11.6 Å². The Kier molecular flexibility index (Phi) is 5.79. The number of benzene rings is 2. The number of hydrogen-bond acceptors (Lipinski definition) is 5. The van der Waals surface area contributed by atoms with Crippen LogP contribution in [0.15, 0.2) is 62.9 Å². The molecule has 1 heterocycles. The second-order valence-electron chi connectivity index (χ2n) is 5.76. The van der Waals surface area contributed by atoms with Gasteiger partial charge in [-0.3, -0.25) is 9.78 Å². The standard InChI is InChI=1S/C19H11BrF3N5O/c20-14-7-11(6-13(8-14)19(21,22)23)10-25-28-18-26-16(12-4-2-1-3-5-12)15(9-24)17(29)27-18/h1-8,10H,(H2,26,27,28,29). The zero-order valence-corrected chi connectivity index (χ0v) is 16.0. The van der Waals surface area contributed by atoms with Crippen LogP contribution in [0.2, 0.25) is 0 Å². The van der Waals surface area contributed by atoms with E-state index in [1.165, 1.54) is 6.07 Å². The van der Waals surface area contributed by atoms with Crippen LogP contribution in [0.1, 0.15) is 16.7 Å². The van der Waals surface area contributed by atoms with Gasteiger partial charge in [0, 0.05) is 10.0 Å². The molecule has 0 spiro atoms. The highest BCUT2D eigenvalue weighted by molar-refractivity contribution is 9.10. The average molecular weight is 462 g/mol. The number of hydrazone groups is 1. The number of anilines is 1. The molecule has 0 saturated heterocycles. The molecule has 1 aromatic heterocycles. The molecule has 0 unspecified atom stereocenters. The molecule has 0 aliphatic carbocycles. The fourth-order valence-electron chi connectivity index (χ4n) is 2.45. The van der Waals surface area contributed by atoms with Gasteiger partial charge >= 0.3 is 6.18 Å². The summed E-state index contributed by atoms with van der Waals surface area (Å²) in [5, 5.41) is 13.1. The number of aromatic amines is 1. The quantitative estimate of drug-likeness (QED) is 0.440. The molecule has 0 radical (unpaired) electrons. The Morgan fingerprint density at radius 3 is 2.59 bits per heavy atom. The lowest BCUT2D eigenvalue weighted by Gasteiger charge is -2.08. The minimum Gasteiger partial charge on any atom is -0.290 e. The molecule has 10 heteroatoms. The van der Waals surface area contributed by atoms with Gasteiger partial charge in [-0.2, -0.15) is 23.5 Å². The van der Waals surface area contributed by atoms with E-state index in [0.29, 0.717) is 5.56 Å². The Morgan fingerprint density at radius 1 is 1.21 bits per heavy atom. The second-order valence-corrected chi connectivity index (χ2v) is 6.67. The van der Waals surface area contributed by atoms with Crippen molar-refractivity contribution in [1.29, 1.82) is 5.26 Å². The molecule has 0 bridgehead atoms. The maximum atomic E-state index is 12.9. The fraction of sp³-hybridized carbons (Fsp3) is 0.0526. The van der Waals surface area contributed by atoms with Crippen LogP contribution >= 0.6 is 15.9 Å². The van der Waals surface area contributed by atoms with E-state index in [4.69, 9.17) is 0 Å². The van der Waals surface area contributed by atoms with E-state index in [1.807, 2.05) is 6.07 Å². The SMILES string of the molecule is N#Cc1c(-c2ccccc2)nc(NN=Cc2cc(Br)cc(C(F)(F)F)c2)[nH]c1=O. The third-order valence-electron chi connectivity index (χ3n) is 3.71. The van der Waals surface area contributed by atoms with Crippen LogP contribution in [0.5, 0.6) is 0 Å². The molecule has 0 aliphatic rings. The summed E-state index contributed by atoms with van der Waals surface area (Å²) < 4.78 is 38.9. The van der Waals surface area contributed by atoms with Crippen molar-refractivity contribution >= 4 is 28.1 Å². The first-order valence-electron chi connectivity index (χ1n) is 8.04. The van der Waals surface area contributed by atoms with Crippen molar-refractivity contribution in [2.45, 2.75) is 6.18 Å². The summed E-state index contributed by atoms with van der Waals surface area (Å²) in [6.07, 6.45) is -3.34. The minimum atomic E-state index is -4.50. The number of alkyl halides is 3. The first kappa shape index (κ1) is 20.3. The van der Waals surface area contributed by atoms with Crippen molar-refractivity contribution < 1.29 is 13.2 Å². The van der Waals surface area contributed by atoms with Crippen molar-refractivity contribution in [3.63, 3.8) is 0 Å². The highest BCUT2D eigenvalue weighted by Crippen LogP contribution is 2.31. The van der Waals surface area contributed by atoms with Crippen molar-refractivity contribution in [2.24, 2.45) is 5.10 Å². The maximum Gasteiger partial charge on any atom is 0.416 e. The van der Waals surface area contributed by atoms with Crippen molar-refractivity contribution in [1.82, 2.24) is 9.97 Å². The lowest BCUT2D eigenvalue weighted by molar-refractivity contribution is -0.137. The number of hydrogen-bond donors (Lipinski definition) is 2. The van der Waals surface area contributed by atoms with Crippen LogP contribution in [0, 0.1) is 11.3 Å². The molecule has 29 heavy (non-hydrogen) atoms. The molecule has 3 rings (SSSR count). The number of nitrogens with zero attached hydrogens (tertiary/aromatic N) is 3. The molecule has 0 saturated carbocycles. The van der Waals surface area contributed by atoms with Crippen molar-refractivity contribution in [3.8, 4) is 17.3 Å². The molecule has 2 N–H and O–H groups in total. The molecule has 2 aromatic carbocycles. The summed E-state index contributed by atoms with van der Waals surface area (Å²) in [6.45, 7) is 0. The smallest absolute Gasteiger partial charge is 0.290 e. The topological polar surface area (TPSA) is 93.9 Å². The summed E-state index contributed by atoms with van der Waals surface area (Å²) >= 11 is 3.03. The number of nitriles is 1. The van der Waals surface area contributed by atoms with Crippen LogP contribution in [-0.4, -0.2) is 16.2 Å². The van der Waals surface area contributed by atoms with E-state index in [2.05, 4.69) is 36.4 Å². The number of nitrogens with one attached hydrogen (secondary N) is 2. The Morgan fingerprint density at radius 2 is 1.93 bits per heavy atom. The summed E-state index contributed by atoms with van der Waals surface area (Å²) in [6, 6.07) is 13.8. The van der Waals surface area contributed by atoms with Gasteiger partial charge < -0.3 is 0 Å². The predicted octanol–water partition coefficient (Wildman–Crippen LogP) is 4.54. The van der Waals surface area contributed by atoms with Gasteiger partial charge in [-0.15, -0.1) is 0 Å². The predicted molar refractivity (Wildman–Crippen MR) is 105 cm³/mol. The number of aromatic nitrogens is 2. The number of halogens is 4. The van der Waals surface area contributed by atoms with E-state index >= 15 is 0 Å². The molecule has 146 valence electrons. The summed E-state index contributed by atoms with van der Waals surface area (Å²) in [5.74, 6) is -0.0601. The summed E-state index contributed by atoms with van der Waals surface area (Å²) in [7, 11) is 0. The largest absolute Gasteiger partial charge is 0.416 e. The molecule has 6 nitrogen and oxygen atoms in total. The van der Waals surface area contributed by atoms with Gasteiger partial charge in [-0.05, 0) is 23.8 Å². The Hall–Kier alpha value is -3.45. The Balaban J connectivity index is 1.91. The van der Waals surface area contributed by atoms with Crippen LogP contribution in [0.3, 0.4) is 0 Å². The van der Waals surface area contributed by atoms with Crippen LogP contribution in [0.4, 0.5) is 19.1 Å². The second kappa shape index (κ2) is 8.28. The monoisotopic (exact) mass is 461 g/mol. The van der Waals surface area contributed by atoms with Gasteiger partial charge in [0.25, 0.3) is 5.56 Å². The molecular formula is C19H11BrF3N5O. The lowest BCUT2D eigenvalue weighted by Crippen LogP contribution is -2.16. The third kappa shape index (κ3) is 4.89. The van der Waals surface area contributed by atoms with Gasteiger partial charge in [0.05, 0.1) is 17.5 Å². The number of H-pyrrole nitrogens is 1. The first-order chi connectivity index (χ1) is 13.8. The zero-order chi connectivity index (χ0) is 21.0. The molecule has 0 amide bonds. The molecular weight excluding hydrogens is 451 g/mol. The van der Waals surface area contributed by atoms with E-state index in [1.54, 1.807) is 30.3 Å². The Labute approximate surface area is 170 Å². The fourth-order valence-corrected chi connectivity index (χ4v) is 2.96. The highest BCUT2D eigenvalue weighted by atomic mass is 79.9. The van der Waals surface area contributed by atoms with E-state index in [-0.39, 0.29) is 27.2 Å². The normalized spacial score (nSPS) is 11.4. The molecule has 0 atom stereocenters. The zero-order valence-electron chi connectivity index (χ0n) is 14.5. The third-order valence-corrected chi connectivity index (χ3v) is 4.17. The van der Waals surface area contributed by atoms with Crippen LogP contribution < -0.4 is 11.0 Å². The summed E-state index contributed by atoms with van der Waals surface area (Å²) in [4.78, 5) is 18.7. The highest BCUT2D eigenvalue weighted by Gasteiger charge is 2.30.